The Bertz CT molecular complexity index is 9460. The van der Waals surface area contributed by atoms with E-state index in [0.29, 0.717) is 0 Å². The fraction of sp³-hybridized carbons (Fsp3) is 0.00730. The van der Waals surface area contributed by atoms with Gasteiger partial charge in [-0.15, -0.1) is 0 Å². The number of para-hydroxylation sites is 4. The van der Waals surface area contributed by atoms with E-state index in [9.17, 15) is 0 Å². The van der Waals surface area contributed by atoms with E-state index in [1.807, 2.05) is 0 Å². The molecule has 0 saturated heterocycles. The van der Waals surface area contributed by atoms with E-state index in [-0.39, 0.29) is 7.43 Å². The molecule has 0 aliphatic carbocycles. The topological polar surface area (TPSA) is 22.8 Å². The van der Waals surface area contributed by atoms with Gasteiger partial charge >= 0.3 is 0 Å². The van der Waals surface area contributed by atoms with Crippen LogP contribution in [-0.2, 0) is 0 Å². The lowest BCUT2D eigenvalue weighted by Crippen LogP contribution is -2.11. The summed E-state index contributed by atoms with van der Waals surface area (Å²) in [6.07, 6.45) is 0. The summed E-state index contributed by atoms with van der Waals surface area (Å²) in [5, 5.41) is 22.4. The van der Waals surface area contributed by atoms with Crippen LogP contribution in [0.5, 0.6) is 0 Å². The van der Waals surface area contributed by atoms with E-state index >= 15 is 0 Å². The monoisotopic (exact) mass is 2140 g/mol. The molecule has 25 aromatic carbocycles. The maximum absolute atomic E-state index is 3.65. The average Bonchev–Trinajstić information content (AvgIpc) is 1.59. The third kappa shape index (κ3) is 19.0. The van der Waals surface area contributed by atoms with Crippen molar-refractivity contribution in [2.75, 3.05) is 19.6 Å². The third-order valence-corrected chi connectivity index (χ3v) is 29.7. The van der Waals surface area contributed by atoms with Gasteiger partial charge in [-0.2, -0.15) is 0 Å². The highest BCUT2D eigenvalue weighted by Crippen LogP contribution is 2.49. The van der Waals surface area contributed by atoms with Crippen LogP contribution in [0.3, 0.4) is 0 Å². The molecule has 0 aliphatic heterocycles. The number of fused-ring (bicyclic) bond motifs is 14. The van der Waals surface area contributed by atoms with Crippen molar-refractivity contribution in [2.24, 2.45) is 0 Å². The fourth-order valence-corrected chi connectivity index (χ4v) is 21.8. The first-order valence-electron chi connectivity index (χ1n) is 49.0. The first-order valence-corrected chi connectivity index (χ1v) is 52.2. The molecular formula is C137H96Br4N6. The van der Waals surface area contributed by atoms with Gasteiger partial charge in [0.05, 0.1) is 33.4 Å². The first kappa shape index (κ1) is 93.7. The van der Waals surface area contributed by atoms with Crippen LogP contribution in [-0.4, -0.2) is 9.13 Å². The van der Waals surface area contributed by atoms with Crippen LogP contribution >= 0.6 is 63.7 Å². The van der Waals surface area contributed by atoms with Crippen molar-refractivity contribution in [2.45, 2.75) is 7.43 Å². The van der Waals surface area contributed by atoms with Crippen molar-refractivity contribution in [1.82, 2.24) is 9.13 Å². The number of benzene rings is 25. The molecule has 27 aromatic rings. The molecule has 0 bridgehead atoms. The maximum atomic E-state index is 3.65. The van der Waals surface area contributed by atoms with E-state index in [0.717, 1.165) is 91.8 Å². The normalized spacial score (nSPS) is 11.2. The van der Waals surface area contributed by atoms with E-state index in [4.69, 9.17) is 0 Å². The number of aromatic nitrogens is 2. The molecule has 2 aromatic heterocycles. The third-order valence-electron chi connectivity index (χ3n) is 27.6. The molecule has 2 heterocycles. The number of nitrogens with zero attached hydrogens (tertiary/aromatic N) is 6. The molecular weight excluding hydrogens is 2050 g/mol. The standard InChI is InChI=1S/C38H25BrN2.C34H23BrN2.2C32H22BrN.CH4/c39-27-18-20-29(21-19-27)40(37-24-26-10-4-5-13-31(26)32-14-6-7-15-33(32)37)30-22-23-35-34-16-8-9-17-36(34)41(38(35)25-30)28-11-2-1-3-12-28;35-25-17-19-27(20-18-25)36(32-16-8-10-24-9-4-5-13-29(24)32)28-21-22-34-31(23-28)30-14-6-7-15-33(30)37(34)26-11-2-1-3-12-26;33-27-15-20-29(21-16-27)34(30-19-12-23-6-1-2-8-26(23)22-30)28-17-13-25(14-18-28)32-11-5-9-24-7-3-4-10-31(24)32;33-29-13-18-31(19-14-29)34(30-15-10-24(11-16-30)23-6-2-1-3-7-23)32-17-12-27-20-25-8-4-5-9-26(25)21-28(27)22-32;/h1-25H;1-23H;2*1-22H;1H4. The van der Waals surface area contributed by atoms with E-state index < -0.39 is 0 Å². The minimum absolute atomic E-state index is 0. The van der Waals surface area contributed by atoms with Gasteiger partial charge in [-0.05, 0) is 323 Å². The van der Waals surface area contributed by atoms with Crippen molar-refractivity contribution < 1.29 is 0 Å². The molecule has 702 valence electrons. The summed E-state index contributed by atoms with van der Waals surface area (Å²) in [6.45, 7) is 0. The van der Waals surface area contributed by atoms with Gasteiger partial charge in [0.15, 0.2) is 0 Å². The molecule has 0 amide bonds. The SMILES string of the molecule is Brc1ccc(N(c2ccc(-c3cccc4ccccc34)cc2)c2ccc3ccccc3c2)cc1.Brc1ccc(N(c2ccc(-c3ccccc3)cc2)c2ccc3cc4ccccc4cc3c2)cc1.Brc1ccc(N(c2ccc3c(c2)c2ccccc2n3-c2ccccc2)c2cccc3ccccc23)cc1.Brc1ccc(N(c2ccc3c4ccccc4n(-c4ccccc4)c3c2)c2cc3ccccc3c3ccccc23)cc1.C. The van der Waals surface area contributed by atoms with E-state index in [2.05, 4.69) is 651 Å². The summed E-state index contributed by atoms with van der Waals surface area (Å²) in [5.74, 6) is 0. The Morgan fingerprint density at radius 1 is 0.143 bits per heavy atom. The van der Waals surface area contributed by atoms with Crippen LogP contribution in [0, 0.1) is 0 Å². The molecule has 0 N–H and O–H groups in total. The minimum atomic E-state index is 0. The van der Waals surface area contributed by atoms with Gasteiger partial charge in [-0.1, -0.05) is 393 Å². The van der Waals surface area contributed by atoms with Gasteiger partial charge in [-0.3, -0.25) is 0 Å². The lowest BCUT2D eigenvalue weighted by molar-refractivity contribution is 1.18. The molecule has 0 atom stereocenters. The van der Waals surface area contributed by atoms with Crippen LogP contribution in [0.25, 0.3) is 153 Å². The number of anilines is 12. The zero-order valence-corrected chi connectivity index (χ0v) is 85.7. The summed E-state index contributed by atoms with van der Waals surface area (Å²) >= 11 is 14.4. The Balaban J connectivity index is 0.000000108. The van der Waals surface area contributed by atoms with Crippen LogP contribution in [0.4, 0.5) is 68.2 Å². The van der Waals surface area contributed by atoms with Gasteiger partial charge in [0, 0.05) is 118 Å². The average molecular weight is 2150 g/mol. The molecule has 6 nitrogen and oxygen atoms in total. The summed E-state index contributed by atoms with van der Waals surface area (Å²) in [7, 11) is 0. The molecule has 27 rings (SSSR count). The first-order chi connectivity index (χ1) is 72.0. The molecule has 147 heavy (non-hydrogen) atoms. The number of hydrogen-bond acceptors (Lipinski definition) is 4. The van der Waals surface area contributed by atoms with Crippen molar-refractivity contribution in [3.8, 4) is 33.6 Å². The highest BCUT2D eigenvalue weighted by molar-refractivity contribution is 9.11. The predicted molar refractivity (Wildman–Crippen MR) is 644 cm³/mol. The quantitative estimate of drug-likeness (QED) is 0.0710. The number of rotatable bonds is 16. The van der Waals surface area contributed by atoms with Crippen LogP contribution in [0.2, 0.25) is 0 Å². The smallest absolute Gasteiger partial charge is 0.0561 e. The number of hydrogen-bond donors (Lipinski definition) is 0. The highest BCUT2D eigenvalue weighted by atomic mass is 79.9. The molecule has 10 heteroatoms. The van der Waals surface area contributed by atoms with Crippen LogP contribution < -0.4 is 19.6 Å². The van der Waals surface area contributed by atoms with Gasteiger partial charge in [0.1, 0.15) is 0 Å². The Hall–Kier alpha value is -17.0. The van der Waals surface area contributed by atoms with Crippen LogP contribution in [0.15, 0.2) is 576 Å². The zero-order valence-electron chi connectivity index (χ0n) is 79.3. The second-order valence-electron chi connectivity index (χ2n) is 36.4. The highest BCUT2D eigenvalue weighted by Gasteiger charge is 2.25. The van der Waals surface area contributed by atoms with Crippen molar-refractivity contribution in [3.05, 3.63) is 576 Å². The molecule has 0 radical (unpaired) electrons. The molecule has 0 unspecified atom stereocenters. The second-order valence-corrected chi connectivity index (χ2v) is 40.1. The Morgan fingerprint density at radius 3 is 1.01 bits per heavy atom. The molecule has 0 saturated carbocycles. The van der Waals surface area contributed by atoms with Crippen LogP contribution in [0.1, 0.15) is 7.43 Å². The minimum Gasteiger partial charge on any atom is -0.310 e. The van der Waals surface area contributed by atoms with Gasteiger partial charge in [0.2, 0.25) is 0 Å². The summed E-state index contributed by atoms with van der Waals surface area (Å²) in [4.78, 5) is 9.39. The molecule has 0 aliphatic rings. The lowest BCUT2D eigenvalue weighted by Gasteiger charge is -2.28. The second kappa shape index (κ2) is 41.8. The number of halogens is 4. The fourth-order valence-electron chi connectivity index (χ4n) is 20.7. The van der Waals surface area contributed by atoms with Gasteiger partial charge in [0.25, 0.3) is 0 Å². The lowest BCUT2D eigenvalue weighted by atomic mass is 9.98. The predicted octanol–water partition coefficient (Wildman–Crippen LogP) is 41.9. The van der Waals surface area contributed by atoms with Crippen molar-refractivity contribution in [3.63, 3.8) is 0 Å². The van der Waals surface area contributed by atoms with E-state index in [1.54, 1.807) is 0 Å². The maximum Gasteiger partial charge on any atom is 0.0561 e. The Labute approximate surface area is 889 Å². The van der Waals surface area contributed by atoms with Gasteiger partial charge < -0.3 is 28.7 Å². The molecule has 0 fully saturated rings. The summed E-state index contributed by atoms with van der Waals surface area (Å²) in [5.41, 5.74) is 25.6. The van der Waals surface area contributed by atoms with Gasteiger partial charge in [-0.25, -0.2) is 0 Å². The van der Waals surface area contributed by atoms with Crippen molar-refractivity contribution >= 4 is 251 Å². The van der Waals surface area contributed by atoms with E-state index in [1.165, 1.54) is 147 Å². The Kier molecular flexibility index (Phi) is 26.6. The largest absolute Gasteiger partial charge is 0.310 e. The van der Waals surface area contributed by atoms with Crippen molar-refractivity contribution in [1.29, 1.82) is 0 Å². The Morgan fingerprint density at radius 2 is 0.463 bits per heavy atom. The summed E-state index contributed by atoms with van der Waals surface area (Å²) < 4.78 is 9.00. The molecule has 0 spiro atoms. The zero-order chi connectivity index (χ0) is 97.9. The summed E-state index contributed by atoms with van der Waals surface area (Å²) in [6, 6.07) is 200.